The minimum absolute atomic E-state index is 0.0610. The van der Waals surface area contributed by atoms with E-state index in [2.05, 4.69) is 10.2 Å². The van der Waals surface area contributed by atoms with Crippen LogP contribution in [0.4, 0.5) is 0 Å². The minimum Gasteiger partial charge on any atom is -0.477 e. The molecule has 2 aromatic rings. The minimum atomic E-state index is -1.03. The maximum Gasteiger partial charge on any atom is 0.353 e. The summed E-state index contributed by atoms with van der Waals surface area (Å²) in [5.74, 6) is -1.03. The van der Waals surface area contributed by atoms with Crippen molar-refractivity contribution in [3.63, 3.8) is 0 Å². The molecule has 2 rings (SSSR count). The summed E-state index contributed by atoms with van der Waals surface area (Å²) in [4.78, 5) is 10.8. The fraction of sp³-hybridized carbons (Fsp3) is 0.231. The summed E-state index contributed by atoms with van der Waals surface area (Å²) >= 11 is 0. The van der Waals surface area contributed by atoms with Gasteiger partial charge in [-0.3, -0.25) is 5.10 Å². The molecule has 0 saturated heterocycles. The third-order valence-electron chi connectivity index (χ3n) is 2.56. The lowest BCUT2D eigenvalue weighted by Gasteiger charge is -2.05. The van der Waals surface area contributed by atoms with E-state index in [1.807, 2.05) is 24.3 Å². The van der Waals surface area contributed by atoms with Gasteiger partial charge in [-0.15, -0.1) is 0 Å². The SMILES string of the molecule is CC(O)Cc1cccc(-c2cc(C(=O)O)[nH]n2)c1. The fourth-order valence-electron chi connectivity index (χ4n) is 1.78. The van der Waals surface area contributed by atoms with Crippen LogP contribution in [-0.4, -0.2) is 32.5 Å². The zero-order valence-corrected chi connectivity index (χ0v) is 9.92. The van der Waals surface area contributed by atoms with Gasteiger partial charge in [0.25, 0.3) is 0 Å². The number of hydrogen-bond donors (Lipinski definition) is 3. The lowest BCUT2D eigenvalue weighted by molar-refractivity contribution is 0.0690. The van der Waals surface area contributed by atoms with E-state index in [4.69, 9.17) is 5.11 Å². The summed E-state index contributed by atoms with van der Waals surface area (Å²) in [5.41, 5.74) is 2.46. The largest absolute Gasteiger partial charge is 0.477 e. The van der Waals surface area contributed by atoms with E-state index in [0.29, 0.717) is 12.1 Å². The molecule has 0 amide bonds. The average Bonchev–Trinajstić information content (AvgIpc) is 2.77. The second-order valence-electron chi connectivity index (χ2n) is 4.23. The molecule has 94 valence electrons. The number of aromatic nitrogens is 2. The van der Waals surface area contributed by atoms with Crippen molar-refractivity contribution >= 4 is 5.97 Å². The van der Waals surface area contributed by atoms with Gasteiger partial charge in [-0.25, -0.2) is 4.79 Å². The van der Waals surface area contributed by atoms with Crippen molar-refractivity contribution in [2.75, 3.05) is 0 Å². The normalized spacial score (nSPS) is 12.3. The zero-order valence-electron chi connectivity index (χ0n) is 9.92. The molecule has 0 aliphatic rings. The number of carbonyl (C=O) groups is 1. The second-order valence-corrected chi connectivity index (χ2v) is 4.23. The molecule has 0 bridgehead atoms. The number of carboxylic acid groups (broad SMARTS) is 1. The molecule has 5 nitrogen and oxygen atoms in total. The Morgan fingerprint density at radius 1 is 1.44 bits per heavy atom. The topological polar surface area (TPSA) is 86.2 Å². The highest BCUT2D eigenvalue weighted by molar-refractivity contribution is 5.86. The van der Waals surface area contributed by atoms with E-state index >= 15 is 0 Å². The van der Waals surface area contributed by atoms with E-state index in [9.17, 15) is 9.90 Å². The lowest BCUT2D eigenvalue weighted by Crippen LogP contribution is -2.03. The highest BCUT2D eigenvalue weighted by atomic mass is 16.4. The zero-order chi connectivity index (χ0) is 13.1. The van der Waals surface area contributed by atoms with Crippen molar-refractivity contribution < 1.29 is 15.0 Å². The Bertz CT molecular complexity index is 561. The highest BCUT2D eigenvalue weighted by Gasteiger charge is 2.09. The van der Waals surface area contributed by atoms with Crippen LogP contribution in [0.15, 0.2) is 30.3 Å². The van der Waals surface area contributed by atoms with Gasteiger partial charge in [0.1, 0.15) is 5.69 Å². The number of H-pyrrole nitrogens is 1. The monoisotopic (exact) mass is 246 g/mol. The number of aliphatic hydroxyl groups excluding tert-OH is 1. The maximum absolute atomic E-state index is 10.8. The second kappa shape index (κ2) is 5.01. The smallest absolute Gasteiger partial charge is 0.353 e. The Morgan fingerprint density at radius 2 is 2.22 bits per heavy atom. The summed E-state index contributed by atoms with van der Waals surface area (Å²) in [6.45, 7) is 1.73. The highest BCUT2D eigenvalue weighted by Crippen LogP contribution is 2.19. The predicted molar refractivity (Wildman–Crippen MR) is 66.4 cm³/mol. The van der Waals surface area contributed by atoms with E-state index in [0.717, 1.165) is 11.1 Å². The van der Waals surface area contributed by atoms with Gasteiger partial charge in [0.2, 0.25) is 0 Å². The summed E-state index contributed by atoms with van der Waals surface area (Å²) in [6, 6.07) is 9.02. The third-order valence-corrected chi connectivity index (χ3v) is 2.56. The Kier molecular flexibility index (Phi) is 3.43. The van der Waals surface area contributed by atoms with Gasteiger partial charge in [-0.2, -0.15) is 5.10 Å². The first-order chi connectivity index (χ1) is 8.56. The molecule has 1 unspecified atom stereocenters. The summed E-state index contributed by atoms with van der Waals surface area (Å²) in [5, 5.41) is 24.6. The Balaban J connectivity index is 2.29. The molecule has 1 heterocycles. The Hall–Kier alpha value is -2.14. The first kappa shape index (κ1) is 12.3. The van der Waals surface area contributed by atoms with E-state index < -0.39 is 12.1 Å². The molecule has 0 aliphatic heterocycles. The van der Waals surface area contributed by atoms with E-state index in [1.165, 1.54) is 6.07 Å². The van der Waals surface area contributed by atoms with Crippen molar-refractivity contribution in [2.45, 2.75) is 19.4 Å². The van der Waals surface area contributed by atoms with Crippen molar-refractivity contribution in [3.8, 4) is 11.3 Å². The molecule has 0 spiro atoms. The van der Waals surface area contributed by atoms with Crippen LogP contribution in [0, 0.1) is 0 Å². The van der Waals surface area contributed by atoms with Crippen LogP contribution in [0.1, 0.15) is 23.0 Å². The molecule has 0 fully saturated rings. The molecule has 3 N–H and O–H groups in total. The number of carboxylic acids is 1. The first-order valence-electron chi connectivity index (χ1n) is 5.62. The quantitative estimate of drug-likeness (QED) is 0.766. The summed E-state index contributed by atoms with van der Waals surface area (Å²) in [6.07, 6.45) is 0.151. The van der Waals surface area contributed by atoms with E-state index in [-0.39, 0.29) is 5.69 Å². The number of nitrogens with one attached hydrogen (secondary N) is 1. The van der Waals surface area contributed by atoms with E-state index in [1.54, 1.807) is 6.92 Å². The van der Waals surface area contributed by atoms with Gasteiger partial charge in [0.15, 0.2) is 0 Å². The maximum atomic E-state index is 10.8. The molecule has 5 heteroatoms. The van der Waals surface area contributed by atoms with Crippen LogP contribution in [-0.2, 0) is 6.42 Å². The van der Waals surface area contributed by atoms with Gasteiger partial charge < -0.3 is 10.2 Å². The Labute approximate surface area is 104 Å². The number of benzene rings is 1. The molecule has 0 aliphatic carbocycles. The number of aromatic carboxylic acids is 1. The van der Waals surface area contributed by atoms with Crippen molar-refractivity contribution in [1.82, 2.24) is 10.2 Å². The molecule has 18 heavy (non-hydrogen) atoms. The number of nitrogens with zero attached hydrogens (tertiary/aromatic N) is 1. The number of rotatable bonds is 4. The van der Waals surface area contributed by atoms with Gasteiger partial charge in [-0.05, 0) is 31.0 Å². The Morgan fingerprint density at radius 3 is 2.83 bits per heavy atom. The summed E-state index contributed by atoms with van der Waals surface area (Å²) < 4.78 is 0. The molecule has 1 aromatic heterocycles. The first-order valence-corrected chi connectivity index (χ1v) is 5.62. The molecule has 1 aromatic carbocycles. The van der Waals surface area contributed by atoms with Crippen LogP contribution in [0.2, 0.25) is 0 Å². The van der Waals surface area contributed by atoms with Crippen LogP contribution < -0.4 is 0 Å². The summed E-state index contributed by atoms with van der Waals surface area (Å²) in [7, 11) is 0. The average molecular weight is 246 g/mol. The van der Waals surface area contributed by atoms with Gasteiger partial charge in [0.05, 0.1) is 11.8 Å². The van der Waals surface area contributed by atoms with Crippen molar-refractivity contribution in [3.05, 3.63) is 41.6 Å². The van der Waals surface area contributed by atoms with Crippen LogP contribution in [0.5, 0.6) is 0 Å². The van der Waals surface area contributed by atoms with Crippen LogP contribution in [0.25, 0.3) is 11.3 Å². The van der Waals surface area contributed by atoms with Gasteiger partial charge in [0, 0.05) is 5.56 Å². The lowest BCUT2D eigenvalue weighted by atomic mass is 10.0. The number of aromatic amines is 1. The number of hydrogen-bond acceptors (Lipinski definition) is 3. The molecule has 0 saturated carbocycles. The third kappa shape index (κ3) is 2.75. The molecular formula is C13H14N2O3. The molecule has 0 radical (unpaired) electrons. The van der Waals surface area contributed by atoms with Gasteiger partial charge in [-0.1, -0.05) is 18.2 Å². The van der Waals surface area contributed by atoms with Crippen molar-refractivity contribution in [2.24, 2.45) is 0 Å². The predicted octanol–water partition coefficient (Wildman–Crippen LogP) is 1.70. The molecule has 1 atom stereocenters. The standard InChI is InChI=1S/C13H14N2O3/c1-8(16)5-9-3-2-4-10(6-9)11-7-12(13(17)18)15-14-11/h2-4,6-8,16H,5H2,1H3,(H,14,15)(H,17,18). The van der Waals surface area contributed by atoms with Crippen LogP contribution in [0.3, 0.4) is 0 Å². The number of aliphatic hydroxyl groups is 1. The molecular weight excluding hydrogens is 232 g/mol. The van der Waals surface area contributed by atoms with Crippen LogP contribution >= 0.6 is 0 Å². The van der Waals surface area contributed by atoms with Gasteiger partial charge >= 0.3 is 5.97 Å². The fourth-order valence-corrected chi connectivity index (χ4v) is 1.78. The van der Waals surface area contributed by atoms with Crippen molar-refractivity contribution in [1.29, 1.82) is 0 Å².